The molecule has 152 valence electrons. The first-order chi connectivity index (χ1) is 14.6. The quantitative estimate of drug-likeness (QED) is 0.534. The van der Waals surface area contributed by atoms with Crippen LogP contribution in [0, 0.1) is 0 Å². The maximum Gasteiger partial charge on any atom is 0.285 e. The lowest BCUT2D eigenvalue weighted by Gasteiger charge is -2.17. The maximum atomic E-state index is 12.3. The fourth-order valence-electron chi connectivity index (χ4n) is 2.99. The summed E-state index contributed by atoms with van der Waals surface area (Å²) in [7, 11) is 1.90. The second-order valence-corrected chi connectivity index (χ2v) is 6.69. The van der Waals surface area contributed by atoms with Gasteiger partial charge in [0.15, 0.2) is 0 Å². The molecule has 1 aliphatic heterocycles. The Morgan fingerprint density at radius 2 is 1.53 bits per heavy atom. The number of aromatic nitrogens is 2. The van der Waals surface area contributed by atoms with Gasteiger partial charge < -0.3 is 9.64 Å². The van der Waals surface area contributed by atoms with Gasteiger partial charge in [-0.2, -0.15) is 0 Å². The van der Waals surface area contributed by atoms with E-state index < -0.39 is 11.8 Å². The molecule has 0 saturated carbocycles. The molecular formula is C22H20N4O4. The Balaban J connectivity index is 1.26. The second kappa shape index (κ2) is 8.71. The Morgan fingerprint density at radius 1 is 0.900 bits per heavy atom. The number of imide groups is 1. The number of amides is 2. The van der Waals surface area contributed by atoms with Crippen LogP contribution in [-0.4, -0.2) is 47.0 Å². The van der Waals surface area contributed by atoms with E-state index in [0.29, 0.717) is 36.0 Å². The summed E-state index contributed by atoms with van der Waals surface area (Å²) < 4.78 is 5.75. The van der Waals surface area contributed by atoms with E-state index in [1.54, 1.807) is 42.7 Å². The molecule has 0 fully saturated rings. The number of likely N-dealkylation sites (N-methyl/N-ethyl adjacent to an activating group) is 1. The van der Waals surface area contributed by atoms with Crippen LogP contribution in [0.25, 0.3) is 0 Å². The molecule has 0 unspecified atom stereocenters. The van der Waals surface area contributed by atoms with E-state index in [-0.39, 0.29) is 6.61 Å². The topological polar surface area (TPSA) is 84.9 Å². The summed E-state index contributed by atoms with van der Waals surface area (Å²) in [5.74, 6) is 0.466. The van der Waals surface area contributed by atoms with E-state index in [4.69, 9.17) is 9.57 Å². The lowest BCUT2D eigenvalue weighted by atomic mass is 10.1. The third-order valence-electron chi connectivity index (χ3n) is 4.63. The predicted octanol–water partition coefficient (Wildman–Crippen LogP) is 2.72. The van der Waals surface area contributed by atoms with Crippen LogP contribution in [0.15, 0.2) is 67.0 Å². The molecule has 30 heavy (non-hydrogen) atoms. The molecule has 8 nitrogen and oxygen atoms in total. The Labute approximate surface area is 173 Å². The van der Waals surface area contributed by atoms with Crippen LogP contribution in [0.1, 0.15) is 26.3 Å². The summed E-state index contributed by atoms with van der Waals surface area (Å²) >= 11 is 0. The van der Waals surface area contributed by atoms with E-state index in [9.17, 15) is 9.59 Å². The zero-order valence-electron chi connectivity index (χ0n) is 16.4. The molecule has 0 saturated heterocycles. The summed E-state index contributed by atoms with van der Waals surface area (Å²) in [5, 5.41) is 0.816. The molecule has 0 bridgehead atoms. The van der Waals surface area contributed by atoms with Crippen molar-refractivity contribution in [3.05, 3.63) is 83.7 Å². The predicted molar refractivity (Wildman–Crippen MR) is 109 cm³/mol. The standard InChI is InChI=1S/C22H20N4O4/c1-25(22-23-11-4-12-24-22)13-14-29-17-9-7-16(8-10-17)15-30-26-20(27)18-5-2-3-6-19(18)21(26)28/h2-12H,13-15H2,1H3. The Hall–Kier alpha value is -3.78. The van der Waals surface area contributed by atoms with E-state index in [0.717, 1.165) is 10.6 Å². The summed E-state index contributed by atoms with van der Waals surface area (Å²) in [4.78, 5) is 40.4. The van der Waals surface area contributed by atoms with Crippen LogP contribution in [0.4, 0.5) is 5.95 Å². The van der Waals surface area contributed by atoms with Crippen molar-refractivity contribution in [2.24, 2.45) is 0 Å². The lowest BCUT2D eigenvalue weighted by molar-refractivity contribution is -0.101. The summed E-state index contributed by atoms with van der Waals surface area (Å²) in [5.41, 5.74) is 1.53. The van der Waals surface area contributed by atoms with Crippen LogP contribution in [0.3, 0.4) is 0 Å². The van der Waals surface area contributed by atoms with Crippen LogP contribution >= 0.6 is 0 Å². The Bertz CT molecular complexity index is 1010. The monoisotopic (exact) mass is 404 g/mol. The van der Waals surface area contributed by atoms with Gasteiger partial charge in [0.1, 0.15) is 19.0 Å². The number of hydroxylamine groups is 2. The molecule has 1 aliphatic rings. The van der Waals surface area contributed by atoms with E-state index in [1.165, 1.54) is 0 Å². The van der Waals surface area contributed by atoms with E-state index >= 15 is 0 Å². The number of rotatable bonds is 8. The van der Waals surface area contributed by atoms with E-state index in [1.807, 2.05) is 36.2 Å². The van der Waals surface area contributed by atoms with Gasteiger partial charge in [0.05, 0.1) is 17.7 Å². The molecular weight excluding hydrogens is 384 g/mol. The number of hydrogen-bond donors (Lipinski definition) is 0. The number of fused-ring (bicyclic) bond motifs is 1. The van der Waals surface area contributed by atoms with Gasteiger partial charge in [0.2, 0.25) is 5.95 Å². The zero-order valence-corrected chi connectivity index (χ0v) is 16.4. The largest absolute Gasteiger partial charge is 0.492 e. The summed E-state index contributed by atoms with van der Waals surface area (Å²) in [6.45, 7) is 1.20. The van der Waals surface area contributed by atoms with Crippen molar-refractivity contribution in [2.75, 3.05) is 25.1 Å². The first-order valence-corrected chi connectivity index (χ1v) is 9.44. The molecule has 2 aromatic carbocycles. The van der Waals surface area contributed by atoms with Crippen molar-refractivity contribution < 1.29 is 19.2 Å². The fourth-order valence-corrected chi connectivity index (χ4v) is 2.99. The number of ether oxygens (including phenoxy) is 1. The first-order valence-electron chi connectivity index (χ1n) is 9.44. The first kappa shape index (κ1) is 19.5. The molecule has 0 aliphatic carbocycles. The van der Waals surface area contributed by atoms with Crippen molar-refractivity contribution in [1.82, 2.24) is 15.0 Å². The molecule has 8 heteroatoms. The van der Waals surface area contributed by atoms with Crippen LogP contribution in [0.2, 0.25) is 0 Å². The maximum absolute atomic E-state index is 12.3. The highest BCUT2D eigenvalue weighted by Crippen LogP contribution is 2.23. The van der Waals surface area contributed by atoms with Gasteiger partial charge in [0.25, 0.3) is 11.8 Å². The number of carbonyl (C=O) groups excluding carboxylic acids is 2. The van der Waals surface area contributed by atoms with Gasteiger partial charge in [0, 0.05) is 19.4 Å². The van der Waals surface area contributed by atoms with Crippen LogP contribution in [0.5, 0.6) is 5.75 Å². The van der Waals surface area contributed by atoms with Crippen molar-refractivity contribution in [3.63, 3.8) is 0 Å². The van der Waals surface area contributed by atoms with Gasteiger partial charge >= 0.3 is 0 Å². The molecule has 2 heterocycles. The van der Waals surface area contributed by atoms with Crippen molar-refractivity contribution >= 4 is 17.8 Å². The summed E-state index contributed by atoms with van der Waals surface area (Å²) in [6, 6.07) is 15.7. The number of anilines is 1. The Morgan fingerprint density at radius 3 is 2.17 bits per heavy atom. The molecule has 0 atom stereocenters. The fraction of sp³-hybridized carbons (Fsp3) is 0.182. The minimum absolute atomic E-state index is 0.0971. The molecule has 0 radical (unpaired) electrons. The van der Waals surface area contributed by atoms with E-state index in [2.05, 4.69) is 9.97 Å². The SMILES string of the molecule is CN(CCOc1ccc(CON2C(=O)c3ccccc3C2=O)cc1)c1ncccn1. The van der Waals surface area contributed by atoms with Gasteiger partial charge in [-0.1, -0.05) is 24.3 Å². The molecule has 4 rings (SSSR count). The highest BCUT2D eigenvalue weighted by atomic mass is 16.7. The van der Waals surface area contributed by atoms with Crippen LogP contribution < -0.4 is 9.64 Å². The zero-order chi connectivity index (χ0) is 20.9. The number of nitrogens with zero attached hydrogens (tertiary/aromatic N) is 4. The lowest BCUT2D eigenvalue weighted by Crippen LogP contribution is -2.29. The average Bonchev–Trinajstić information content (AvgIpc) is 3.04. The van der Waals surface area contributed by atoms with Crippen LogP contribution in [-0.2, 0) is 11.4 Å². The highest BCUT2D eigenvalue weighted by molar-refractivity contribution is 6.20. The molecule has 3 aromatic rings. The summed E-state index contributed by atoms with van der Waals surface area (Å²) in [6.07, 6.45) is 3.39. The second-order valence-electron chi connectivity index (χ2n) is 6.69. The number of hydrogen-bond acceptors (Lipinski definition) is 7. The van der Waals surface area contributed by atoms with Gasteiger partial charge in [-0.05, 0) is 35.9 Å². The molecule has 0 N–H and O–H groups in total. The Kier molecular flexibility index (Phi) is 5.67. The smallest absolute Gasteiger partial charge is 0.285 e. The third kappa shape index (κ3) is 4.13. The van der Waals surface area contributed by atoms with Crippen molar-refractivity contribution in [1.29, 1.82) is 0 Å². The highest BCUT2D eigenvalue weighted by Gasteiger charge is 2.36. The molecule has 2 amide bonds. The van der Waals surface area contributed by atoms with Crippen molar-refractivity contribution in [2.45, 2.75) is 6.61 Å². The molecule has 0 spiro atoms. The van der Waals surface area contributed by atoms with Gasteiger partial charge in [-0.15, -0.1) is 5.06 Å². The van der Waals surface area contributed by atoms with Crippen molar-refractivity contribution in [3.8, 4) is 5.75 Å². The minimum Gasteiger partial charge on any atom is -0.492 e. The average molecular weight is 404 g/mol. The van der Waals surface area contributed by atoms with Gasteiger partial charge in [-0.3, -0.25) is 14.4 Å². The molecule has 1 aromatic heterocycles. The minimum atomic E-state index is -0.443. The number of carbonyl (C=O) groups is 2. The normalized spacial score (nSPS) is 12.8. The van der Waals surface area contributed by atoms with Gasteiger partial charge in [-0.25, -0.2) is 9.97 Å². The number of benzene rings is 2. The third-order valence-corrected chi connectivity index (χ3v) is 4.63.